The molecule has 94 valence electrons. The van der Waals surface area contributed by atoms with Gasteiger partial charge in [-0.25, -0.2) is 18.6 Å². The predicted octanol–water partition coefficient (Wildman–Crippen LogP) is 1.47. The molecule has 1 aromatic rings. The first kappa shape index (κ1) is 13.3. The van der Waals surface area contributed by atoms with Gasteiger partial charge in [0.2, 0.25) is 0 Å². The van der Waals surface area contributed by atoms with E-state index in [1.54, 1.807) is 0 Å². The average Bonchev–Trinajstić information content (AvgIpc) is 2.28. The van der Waals surface area contributed by atoms with Crippen LogP contribution >= 0.6 is 0 Å². The van der Waals surface area contributed by atoms with E-state index in [0.29, 0.717) is 5.82 Å². The van der Waals surface area contributed by atoms with Crippen LogP contribution in [0.15, 0.2) is 18.3 Å². The van der Waals surface area contributed by atoms with Crippen LogP contribution in [-0.2, 0) is 4.74 Å². The summed E-state index contributed by atoms with van der Waals surface area (Å²) in [6.07, 6.45) is -1.13. The Kier molecular flexibility index (Phi) is 5.28. The van der Waals surface area contributed by atoms with Gasteiger partial charge in [0.25, 0.3) is 6.43 Å². The standard InChI is InChI=1S/C10H12F2N2O3/c11-8(12)6-17-4-3-14-9-5-7(10(15)16)1-2-13-9/h1-2,5,8H,3-4,6H2,(H,13,14)(H,15,16). The van der Waals surface area contributed by atoms with E-state index >= 15 is 0 Å². The van der Waals surface area contributed by atoms with Crippen LogP contribution in [0.4, 0.5) is 14.6 Å². The van der Waals surface area contributed by atoms with Crippen LogP contribution in [0.25, 0.3) is 0 Å². The Labute approximate surface area is 96.4 Å². The molecule has 0 fully saturated rings. The fourth-order valence-corrected chi connectivity index (χ4v) is 1.08. The predicted molar refractivity (Wildman–Crippen MR) is 56.5 cm³/mol. The van der Waals surface area contributed by atoms with Gasteiger partial charge < -0.3 is 15.2 Å². The molecule has 1 rings (SSSR count). The lowest BCUT2D eigenvalue weighted by molar-refractivity contribution is 0.0214. The van der Waals surface area contributed by atoms with Crippen molar-refractivity contribution in [2.24, 2.45) is 0 Å². The van der Waals surface area contributed by atoms with E-state index < -0.39 is 19.0 Å². The van der Waals surface area contributed by atoms with Gasteiger partial charge in [0.15, 0.2) is 0 Å². The number of carboxylic acids is 1. The number of nitrogens with zero attached hydrogens (tertiary/aromatic N) is 1. The van der Waals surface area contributed by atoms with Crippen LogP contribution in [-0.4, -0.2) is 42.2 Å². The molecular formula is C10H12F2N2O3. The number of aromatic nitrogens is 1. The number of anilines is 1. The van der Waals surface area contributed by atoms with Crippen LogP contribution < -0.4 is 5.32 Å². The third-order valence-corrected chi connectivity index (χ3v) is 1.80. The molecule has 0 unspecified atom stereocenters. The summed E-state index contributed by atoms with van der Waals surface area (Å²) < 4.78 is 28.0. The summed E-state index contributed by atoms with van der Waals surface area (Å²) in [4.78, 5) is 14.5. The highest BCUT2D eigenvalue weighted by Gasteiger charge is 2.04. The third-order valence-electron chi connectivity index (χ3n) is 1.80. The smallest absolute Gasteiger partial charge is 0.335 e. The van der Waals surface area contributed by atoms with Crippen molar-refractivity contribution in [3.63, 3.8) is 0 Å². The summed E-state index contributed by atoms with van der Waals surface area (Å²) in [7, 11) is 0. The zero-order valence-corrected chi connectivity index (χ0v) is 8.90. The van der Waals surface area contributed by atoms with Crippen molar-refractivity contribution in [2.75, 3.05) is 25.1 Å². The van der Waals surface area contributed by atoms with Gasteiger partial charge >= 0.3 is 5.97 Å². The van der Waals surface area contributed by atoms with E-state index in [1.165, 1.54) is 18.3 Å². The molecule has 0 bridgehead atoms. The van der Waals surface area contributed by atoms with E-state index in [9.17, 15) is 13.6 Å². The third kappa shape index (κ3) is 5.21. The van der Waals surface area contributed by atoms with Gasteiger partial charge in [-0.3, -0.25) is 0 Å². The van der Waals surface area contributed by atoms with Gasteiger partial charge in [-0.05, 0) is 12.1 Å². The Balaban J connectivity index is 2.31. The SMILES string of the molecule is O=C(O)c1ccnc(NCCOCC(F)F)c1. The van der Waals surface area contributed by atoms with Gasteiger partial charge in [0.1, 0.15) is 12.4 Å². The highest BCUT2D eigenvalue weighted by molar-refractivity contribution is 5.88. The molecule has 0 aliphatic rings. The highest BCUT2D eigenvalue weighted by atomic mass is 19.3. The van der Waals surface area contributed by atoms with Crippen molar-refractivity contribution in [3.8, 4) is 0 Å². The quantitative estimate of drug-likeness (QED) is 0.713. The van der Waals surface area contributed by atoms with Crippen LogP contribution in [0.2, 0.25) is 0 Å². The number of ether oxygens (including phenoxy) is 1. The molecule has 1 aromatic heterocycles. The zero-order valence-electron chi connectivity index (χ0n) is 8.90. The molecule has 0 saturated heterocycles. The van der Waals surface area contributed by atoms with Crippen LogP contribution in [0, 0.1) is 0 Å². The van der Waals surface area contributed by atoms with Crippen molar-refractivity contribution in [1.29, 1.82) is 0 Å². The molecule has 0 radical (unpaired) electrons. The lowest BCUT2D eigenvalue weighted by Gasteiger charge is -2.06. The molecular weight excluding hydrogens is 234 g/mol. The van der Waals surface area contributed by atoms with Crippen molar-refractivity contribution in [3.05, 3.63) is 23.9 Å². The first-order valence-electron chi connectivity index (χ1n) is 4.88. The van der Waals surface area contributed by atoms with Crippen LogP contribution in [0.3, 0.4) is 0 Å². The van der Waals surface area contributed by atoms with E-state index in [-0.39, 0.29) is 18.7 Å². The molecule has 0 spiro atoms. The first-order valence-corrected chi connectivity index (χ1v) is 4.88. The van der Waals surface area contributed by atoms with Crippen LogP contribution in [0.5, 0.6) is 0 Å². The lowest BCUT2D eigenvalue weighted by atomic mass is 10.2. The maximum Gasteiger partial charge on any atom is 0.335 e. The number of hydrogen-bond acceptors (Lipinski definition) is 4. The summed E-state index contributed by atoms with van der Waals surface area (Å²) >= 11 is 0. The molecule has 2 N–H and O–H groups in total. The molecule has 5 nitrogen and oxygen atoms in total. The number of aromatic carboxylic acids is 1. The first-order chi connectivity index (χ1) is 8.09. The van der Waals surface area contributed by atoms with E-state index in [4.69, 9.17) is 5.11 Å². The second kappa shape index (κ2) is 6.74. The molecule has 0 aliphatic heterocycles. The molecule has 0 aromatic carbocycles. The van der Waals surface area contributed by atoms with E-state index in [0.717, 1.165) is 0 Å². The molecule has 0 aliphatic carbocycles. The number of alkyl halides is 2. The number of nitrogens with one attached hydrogen (secondary N) is 1. The Morgan fingerprint density at radius 3 is 3.00 bits per heavy atom. The Morgan fingerprint density at radius 2 is 2.35 bits per heavy atom. The minimum absolute atomic E-state index is 0.101. The lowest BCUT2D eigenvalue weighted by Crippen LogP contribution is -2.14. The monoisotopic (exact) mass is 246 g/mol. The van der Waals surface area contributed by atoms with Crippen molar-refractivity contribution < 1.29 is 23.4 Å². The van der Waals surface area contributed by atoms with E-state index in [1.807, 2.05) is 0 Å². The van der Waals surface area contributed by atoms with Crippen molar-refractivity contribution in [2.45, 2.75) is 6.43 Å². The van der Waals surface area contributed by atoms with Gasteiger partial charge in [-0.15, -0.1) is 0 Å². The second-order valence-corrected chi connectivity index (χ2v) is 3.13. The number of carboxylic acid groups (broad SMARTS) is 1. The number of halogens is 2. The van der Waals surface area contributed by atoms with Gasteiger partial charge in [-0.1, -0.05) is 0 Å². The topological polar surface area (TPSA) is 71.5 Å². The minimum Gasteiger partial charge on any atom is -0.478 e. The number of carbonyl (C=O) groups is 1. The summed E-state index contributed by atoms with van der Waals surface area (Å²) in [6, 6.07) is 2.72. The van der Waals surface area contributed by atoms with Crippen molar-refractivity contribution >= 4 is 11.8 Å². The summed E-state index contributed by atoms with van der Waals surface area (Å²) in [6.45, 7) is -0.226. The fourth-order valence-electron chi connectivity index (χ4n) is 1.08. The molecule has 1 heterocycles. The van der Waals surface area contributed by atoms with Gasteiger partial charge in [-0.2, -0.15) is 0 Å². The molecule has 0 saturated carbocycles. The normalized spacial score (nSPS) is 10.5. The summed E-state index contributed by atoms with van der Waals surface area (Å²) in [5.74, 6) is -0.685. The Hall–Kier alpha value is -1.76. The molecule has 0 atom stereocenters. The van der Waals surface area contributed by atoms with Crippen molar-refractivity contribution in [1.82, 2.24) is 4.98 Å². The summed E-state index contributed by atoms with van der Waals surface area (Å²) in [5, 5.41) is 11.5. The van der Waals surface area contributed by atoms with Gasteiger partial charge in [0, 0.05) is 12.7 Å². The fraction of sp³-hybridized carbons (Fsp3) is 0.400. The average molecular weight is 246 g/mol. The molecule has 7 heteroatoms. The minimum atomic E-state index is -2.48. The Morgan fingerprint density at radius 1 is 1.59 bits per heavy atom. The molecule has 0 amide bonds. The largest absolute Gasteiger partial charge is 0.478 e. The Bertz CT molecular complexity index is 374. The number of rotatable bonds is 7. The maximum atomic E-state index is 11.7. The second-order valence-electron chi connectivity index (χ2n) is 3.13. The maximum absolute atomic E-state index is 11.7. The number of pyridine rings is 1. The van der Waals surface area contributed by atoms with Gasteiger partial charge in [0.05, 0.1) is 12.2 Å². The zero-order chi connectivity index (χ0) is 12.7. The molecule has 17 heavy (non-hydrogen) atoms. The summed E-state index contributed by atoms with van der Waals surface area (Å²) in [5.41, 5.74) is 0.107. The van der Waals surface area contributed by atoms with Crippen LogP contribution in [0.1, 0.15) is 10.4 Å². The number of hydrogen-bond donors (Lipinski definition) is 2. The van der Waals surface area contributed by atoms with E-state index in [2.05, 4.69) is 15.0 Å². The highest BCUT2D eigenvalue weighted by Crippen LogP contribution is 2.06.